The summed E-state index contributed by atoms with van der Waals surface area (Å²) >= 11 is 3.34. The maximum Gasteiger partial charge on any atom is 0.339 e. The molecule has 0 saturated carbocycles. The zero-order chi connectivity index (χ0) is 13.3. The number of halogens is 1. The van der Waals surface area contributed by atoms with Crippen LogP contribution < -0.4 is 5.73 Å². The highest BCUT2D eigenvalue weighted by molar-refractivity contribution is 9.10. The largest absolute Gasteiger partial charge is 0.478 e. The Balaban J connectivity index is 2.44. The monoisotopic (exact) mass is 312 g/mol. The average Bonchev–Trinajstić information content (AvgIpc) is 2.67. The Morgan fingerprint density at radius 1 is 1.50 bits per heavy atom. The third kappa shape index (κ3) is 2.21. The lowest BCUT2D eigenvalue weighted by Crippen LogP contribution is -2.25. The predicted octanol–water partition coefficient (Wildman–Crippen LogP) is 2.01. The summed E-state index contributed by atoms with van der Waals surface area (Å²) in [7, 11) is 0. The quantitative estimate of drug-likeness (QED) is 0.893. The first-order valence-corrected chi connectivity index (χ1v) is 6.27. The summed E-state index contributed by atoms with van der Waals surface area (Å²) in [4.78, 5) is 16.6. The summed E-state index contributed by atoms with van der Waals surface area (Å²) in [5.41, 5.74) is 6.54. The SMILES string of the molecule is CCN1OC(N)=C(C(=O)O)C1c1ccc(Br)cc1. The van der Waals surface area contributed by atoms with Crippen molar-refractivity contribution in [2.75, 3.05) is 6.54 Å². The summed E-state index contributed by atoms with van der Waals surface area (Å²) in [5, 5.41) is 10.8. The van der Waals surface area contributed by atoms with Crippen LogP contribution in [0.3, 0.4) is 0 Å². The molecule has 1 aliphatic heterocycles. The topological polar surface area (TPSA) is 75.8 Å². The number of aliphatic carboxylic acids is 1. The second-order valence-corrected chi connectivity index (χ2v) is 4.78. The van der Waals surface area contributed by atoms with Gasteiger partial charge in [-0.1, -0.05) is 28.1 Å². The Morgan fingerprint density at radius 3 is 2.61 bits per heavy atom. The molecule has 96 valence electrons. The smallest absolute Gasteiger partial charge is 0.339 e. The fraction of sp³-hybridized carbons (Fsp3) is 0.250. The number of carboxylic acids is 1. The van der Waals surface area contributed by atoms with Crippen molar-refractivity contribution in [2.45, 2.75) is 13.0 Å². The molecular formula is C12H13BrN2O3. The number of carboxylic acid groups (broad SMARTS) is 1. The van der Waals surface area contributed by atoms with Crippen LogP contribution in [0.25, 0.3) is 0 Å². The molecule has 1 aliphatic rings. The molecular weight excluding hydrogens is 300 g/mol. The number of hydrogen-bond acceptors (Lipinski definition) is 4. The summed E-state index contributed by atoms with van der Waals surface area (Å²) in [6.45, 7) is 2.42. The molecule has 3 N–H and O–H groups in total. The van der Waals surface area contributed by atoms with E-state index in [-0.39, 0.29) is 11.5 Å². The number of carbonyl (C=O) groups is 1. The van der Waals surface area contributed by atoms with E-state index < -0.39 is 12.0 Å². The van der Waals surface area contributed by atoms with E-state index in [9.17, 15) is 9.90 Å². The van der Waals surface area contributed by atoms with Gasteiger partial charge in [0.2, 0.25) is 5.88 Å². The van der Waals surface area contributed by atoms with Crippen molar-refractivity contribution in [2.24, 2.45) is 5.73 Å². The lowest BCUT2D eigenvalue weighted by Gasteiger charge is -2.22. The lowest BCUT2D eigenvalue weighted by molar-refractivity contribution is -0.135. The molecule has 0 bridgehead atoms. The van der Waals surface area contributed by atoms with Crippen molar-refractivity contribution in [3.8, 4) is 0 Å². The van der Waals surface area contributed by atoms with Gasteiger partial charge in [0.15, 0.2) is 0 Å². The molecule has 0 radical (unpaired) electrons. The molecule has 0 amide bonds. The fourth-order valence-electron chi connectivity index (χ4n) is 1.95. The van der Waals surface area contributed by atoms with Gasteiger partial charge in [0.1, 0.15) is 11.6 Å². The maximum atomic E-state index is 11.3. The molecule has 6 heteroatoms. The summed E-state index contributed by atoms with van der Waals surface area (Å²) in [5.74, 6) is -1.10. The van der Waals surface area contributed by atoms with Gasteiger partial charge in [0.25, 0.3) is 0 Å². The summed E-state index contributed by atoms with van der Waals surface area (Å²) < 4.78 is 0.932. The molecule has 0 aliphatic carbocycles. The number of nitrogens with two attached hydrogens (primary N) is 1. The molecule has 0 spiro atoms. The summed E-state index contributed by atoms with van der Waals surface area (Å²) in [6.07, 6.45) is 0. The van der Waals surface area contributed by atoms with Crippen molar-refractivity contribution in [3.63, 3.8) is 0 Å². The molecule has 0 fully saturated rings. The van der Waals surface area contributed by atoms with Gasteiger partial charge in [-0.05, 0) is 24.6 Å². The van der Waals surface area contributed by atoms with Crippen LogP contribution in [0.2, 0.25) is 0 Å². The molecule has 5 nitrogen and oxygen atoms in total. The van der Waals surface area contributed by atoms with Crippen LogP contribution in [-0.4, -0.2) is 22.7 Å². The molecule has 0 aromatic heterocycles. The van der Waals surface area contributed by atoms with Crippen LogP contribution in [0.15, 0.2) is 40.2 Å². The molecule has 18 heavy (non-hydrogen) atoms. The first-order chi connectivity index (χ1) is 8.54. The van der Waals surface area contributed by atoms with Gasteiger partial charge in [-0.15, -0.1) is 5.06 Å². The summed E-state index contributed by atoms with van der Waals surface area (Å²) in [6, 6.07) is 6.94. The first kappa shape index (κ1) is 12.9. The third-order valence-electron chi connectivity index (χ3n) is 2.77. The van der Waals surface area contributed by atoms with Crippen molar-refractivity contribution < 1.29 is 14.7 Å². The molecule has 2 rings (SSSR count). The average molecular weight is 313 g/mol. The number of rotatable bonds is 3. The second-order valence-electron chi connectivity index (χ2n) is 3.86. The van der Waals surface area contributed by atoms with Gasteiger partial charge in [0.05, 0.1) is 0 Å². The Hall–Kier alpha value is -1.53. The van der Waals surface area contributed by atoms with Crippen molar-refractivity contribution >= 4 is 21.9 Å². The second kappa shape index (κ2) is 4.99. The van der Waals surface area contributed by atoms with Crippen LogP contribution >= 0.6 is 15.9 Å². The van der Waals surface area contributed by atoms with Crippen LogP contribution in [0.1, 0.15) is 18.5 Å². The first-order valence-electron chi connectivity index (χ1n) is 5.47. The van der Waals surface area contributed by atoms with Crippen molar-refractivity contribution in [1.82, 2.24) is 5.06 Å². The molecule has 1 atom stereocenters. The highest BCUT2D eigenvalue weighted by Crippen LogP contribution is 2.36. The van der Waals surface area contributed by atoms with Crippen molar-refractivity contribution in [3.05, 3.63) is 45.8 Å². The van der Waals surface area contributed by atoms with Gasteiger partial charge >= 0.3 is 5.97 Å². The van der Waals surface area contributed by atoms with Crippen LogP contribution in [0.5, 0.6) is 0 Å². The number of nitrogens with zero attached hydrogens (tertiary/aromatic N) is 1. The van der Waals surface area contributed by atoms with E-state index in [2.05, 4.69) is 15.9 Å². The molecule has 1 unspecified atom stereocenters. The minimum Gasteiger partial charge on any atom is -0.478 e. The van der Waals surface area contributed by atoms with E-state index in [4.69, 9.17) is 10.6 Å². The molecule has 1 aromatic carbocycles. The Morgan fingerprint density at radius 2 is 2.11 bits per heavy atom. The zero-order valence-corrected chi connectivity index (χ0v) is 11.3. The van der Waals surface area contributed by atoms with Crippen LogP contribution in [0.4, 0.5) is 0 Å². The number of benzene rings is 1. The highest BCUT2D eigenvalue weighted by Gasteiger charge is 2.38. The van der Waals surface area contributed by atoms with E-state index in [1.807, 2.05) is 31.2 Å². The van der Waals surface area contributed by atoms with Gasteiger partial charge in [0, 0.05) is 11.0 Å². The minimum absolute atomic E-state index is 0.0442. The van der Waals surface area contributed by atoms with Crippen LogP contribution in [-0.2, 0) is 9.63 Å². The number of hydroxylamine groups is 2. The van der Waals surface area contributed by atoms with E-state index in [1.54, 1.807) is 5.06 Å². The Kier molecular flexibility index (Phi) is 3.58. The minimum atomic E-state index is -1.06. The lowest BCUT2D eigenvalue weighted by atomic mass is 9.99. The molecule has 1 aromatic rings. The predicted molar refractivity (Wildman–Crippen MR) is 69.2 cm³/mol. The Bertz CT molecular complexity index is 499. The van der Waals surface area contributed by atoms with E-state index >= 15 is 0 Å². The van der Waals surface area contributed by atoms with E-state index in [0.29, 0.717) is 6.54 Å². The normalized spacial score (nSPS) is 20.0. The highest BCUT2D eigenvalue weighted by atomic mass is 79.9. The fourth-order valence-corrected chi connectivity index (χ4v) is 2.22. The van der Waals surface area contributed by atoms with Gasteiger partial charge in [-0.2, -0.15) is 0 Å². The van der Waals surface area contributed by atoms with Gasteiger partial charge in [-0.3, -0.25) is 0 Å². The van der Waals surface area contributed by atoms with E-state index in [1.165, 1.54) is 0 Å². The Labute approximate surface area is 113 Å². The van der Waals surface area contributed by atoms with E-state index in [0.717, 1.165) is 10.0 Å². The van der Waals surface area contributed by atoms with Gasteiger partial charge < -0.3 is 15.7 Å². The molecule has 1 heterocycles. The molecule has 0 saturated heterocycles. The number of hydrogen-bond donors (Lipinski definition) is 2. The third-order valence-corrected chi connectivity index (χ3v) is 3.30. The number of likely N-dealkylation sites (N-methyl/N-ethyl adjacent to an activating group) is 1. The van der Waals surface area contributed by atoms with Crippen LogP contribution in [0, 0.1) is 0 Å². The standard InChI is InChI=1S/C12H13BrN2O3/c1-2-15-10(7-3-5-8(13)6-4-7)9(12(16)17)11(14)18-15/h3-6,10H,2,14H2,1H3,(H,16,17). The maximum absolute atomic E-state index is 11.3. The van der Waals surface area contributed by atoms with Crippen molar-refractivity contribution in [1.29, 1.82) is 0 Å². The zero-order valence-electron chi connectivity index (χ0n) is 9.76. The van der Waals surface area contributed by atoms with Gasteiger partial charge in [-0.25, -0.2) is 4.79 Å².